The predicted octanol–water partition coefficient (Wildman–Crippen LogP) is 2.03. The molecule has 0 radical (unpaired) electrons. The molecule has 0 atom stereocenters. The highest BCUT2D eigenvalue weighted by molar-refractivity contribution is 9.10. The minimum atomic E-state index is -1.07. The summed E-state index contributed by atoms with van der Waals surface area (Å²) in [6.45, 7) is 0. The maximum atomic E-state index is 11.5. The molecule has 3 N–H and O–H groups in total. The number of phenols is 1. The Labute approximate surface area is 137 Å². The smallest absolute Gasteiger partial charge is 0.395 e. The number of aromatic amines is 1. The Kier molecular flexibility index (Phi) is 4.65. The van der Waals surface area contributed by atoms with Crippen molar-refractivity contribution >= 4 is 33.8 Å². The van der Waals surface area contributed by atoms with E-state index in [1.54, 1.807) is 0 Å². The summed E-state index contributed by atoms with van der Waals surface area (Å²) in [6, 6.07) is 2.95. The monoisotopic (exact) mass is 383 g/mol. The highest BCUT2D eigenvalue weighted by atomic mass is 79.9. The van der Waals surface area contributed by atoms with E-state index in [1.807, 2.05) is 0 Å². The van der Waals surface area contributed by atoms with Gasteiger partial charge < -0.3 is 19.9 Å². The van der Waals surface area contributed by atoms with Gasteiger partial charge in [-0.25, -0.2) is 0 Å². The quantitative estimate of drug-likeness (QED) is 0.541. The van der Waals surface area contributed by atoms with Crippen LogP contribution in [0.4, 0.5) is 5.69 Å². The van der Waals surface area contributed by atoms with Crippen LogP contribution in [0.15, 0.2) is 21.4 Å². The summed E-state index contributed by atoms with van der Waals surface area (Å²) in [4.78, 5) is 26.8. The molecule has 120 valence electrons. The number of nitro groups is 1. The van der Waals surface area contributed by atoms with Crippen LogP contribution in [0.1, 0.15) is 11.4 Å². The highest BCUT2D eigenvalue weighted by Gasteiger charge is 2.21. The number of H-pyrrole nitrogens is 1. The number of nitrogens with zero attached hydrogens (tertiary/aromatic N) is 2. The van der Waals surface area contributed by atoms with Crippen LogP contribution in [0.2, 0.25) is 0 Å². The van der Waals surface area contributed by atoms with Gasteiger partial charge in [0.1, 0.15) is 5.82 Å². The van der Waals surface area contributed by atoms with E-state index in [1.165, 1.54) is 31.4 Å². The molecule has 1 aromatic heterocycles. The van der Waals surface area contributed by atoms with Crippen LogP contribution in [0.5, 0.6) is 17.4 Å². The van der Waals surface area contributed by atoms with Gasteiger partial charge in [-0.1, -0.05) is 22.0 Å². The van der Waals surface area contributed by atoms with Crippen LogP contribution in [0, 0.1) is 10.1 Å². The van der Waals surface area contributed by atoms with Crippen molar-refractivity contribution < 1.29 is 19.9 Å². The number of hydrogen-bond acceptors (Lipinski definition) is 7. The SMILES string of the molecule is COc1cc(/C=C/c2nc(O)c([N+](=O)[O-])c(=O)[nH]2)c(Br)cc1O. The summed E-state index contributed by atoms with van der Waals surface area (Å²) < 4.78 is 5.52. The molecule has 0 aliphatic heterocycles. The molecular weight excluding hydrogens is 374 g/mol. The summed E-state index contributed by atoms with van der Waals surface area (Å²) in [5.74, 6) is -0.866. The van der Waals surface area contributed by atoms with E-state index in [0.29, 0.717) is 10.0 Å². The number of hydrogen-bond donors (Lipinski definition) is 3. The molecule has 1 heterocycles. The van der Waals surface area contributed by atoms with Crippen LogP contribution in [-0.2, 0) is 0 Å². The second-order valence-corrected chi connectivity index (χ2v) is 5.11. The summed E-state index contributed by atoms with van der Waals surface area (Å²) in [5.41, 5.74) is -1.50. The van der Waals surface area contributed by atoms with Gasteiger partial charge in [-0.15, -0.1) is 0 Å². The van der Waals surface area contributed by atoms with Crippen molar-refractivity contribution in [2.75, 3.05) is 7.11 Å². The standard InChI is InChI=1S/C13H10BrN3O6/c1-23-9-4-6(7(14)5-8(9)18)2-3-10-15-12(19)11(17(21)22)13(20)16-10/h2-5,18H,1H3,(H2,15,16,19,20)/b3-2+. The first-order chi connectivity index (χ1) is 10.8. The number of phenolic OH excluding ortho intramolecular Hbond substituents is 1. The third-order valence-electron chi connectivity index (χ3n) is 2.80. The van der Waals surface area contributed by atoms with E-state index >= 15 is 0 Å². The Balaban J connectivity index is 2.42. The molecule has 0 saturated heterocycles. The van der Waals surface area contributed by atoms with Crippen molar-refractivity contribution in [3.8, 4) is 17.4 Å². The van der Waals surface area contributed by atoms with Gasteiger partial charge >= 0.3 is 11.2 Å². The molecule has 1 aromatic carbocycles. The summed E-state index contributed by atoms with van der Waals surface area (Å²) in [5, 5.41) is 29.7. The summed E-state index contributed by atoms with van der Waals surface area (Å²) in [6.07, 6.45) is 2.84. The number of rotatable bonds is 4. The first-order valence-corrected chi connectivity index (χ1v) is 6.85. The maximum absolute atomic E-state index is 11.5. The molecule has 0 aliphatic carbocycles. The second kappa shape index (κ2) is 6.48. The van der Waals surface area contributed by atoms with Gasteiger partial charge in [0.05, 0.1) is 12.0 Å². The molecule has 0 fully saturated rings. The summed E-state index contributed by atoms with van der Waals surface area (Å²) >= 11 is 3.25. The van der Waals surface area contributed by atoms with Gasteiger partial charge in [0.25, 0.3) is 5.88 Å². The predicted molar refractivity (Wildman–Crippen MR) is 84.5 cm³/mol. The van der Waals surface area contributed by atoms with Gasteiger partial charge in [-0.05, 0) is 23.8 Å². The molecule has 23 heavy (non-hydrogen) atoms. The summed E-state index contributed by atoms with van der Waals surface area (Å²) in [7, 11) is 1.39. The fourth-order valence-corrected chi connectivity index (χ4v) is 2.20. The molecular formula is C13H10BrN3O6. The van der Waals surface area contributed by atoms with Crippen LogP contribution in [0.3, 0.4) is 0 Å². The van der Waals surface area contributed by atoms with Gasteiger partial charge in [0.2, 0.25) is 0 Å². The lowest BCUT2D eigenvalue weighted by atomic mass is 10.2. The van der Waals surface area contributed by atoms with Crippen molar-refractivity contribution in [2.45, 2.75) is 0 Å². The van der Waals surface area contributed by atoms with Crippen molar-refractivity contribution in [3.63, 3.8) is 0 Å². The number of benzene rings is 1. The van der Waals surface area contributed by atoms with Crippen molar-refractivity contribution in [3.05, 3.63) is 48.5 Å². The molecule has 0 spiro atoms. The fraction of sp³-hybridized carbons (Fsp3) is 0.0769. The zero-order valence-corrected chi connectivity index (χ0v) is 13.2. The van der Waals surface area contributed by atoms with Crippen molar-refractivity contribution in [1.29, 1.82) is 0 Å². The van der Waals surface area contributed by atoms with Crippen molar-refractivity contribution in [1.82, 2.24) is 9.97 Å². The van der Waals surface area contributed by atoms with Crippen LogP contribution >= 0.6 is 15.9 Å². The number of methoxy groups -OCH3 is 1. The normalized spacial score (nSPS) is 10.9. The third-order valence-corrected chi connectivity index (χ3v) is 3.48. The van der Waals surface area contributed by atoms with E-state index in [2.05, 4.69) is 25.9 Å². The largest absolute Gasteiger partial charge is 0.504 e. The molecule has 0 amide bonds. The Hall–Kier alpha value is -2.88. The average molecular weight is 384 g/mol. The Morgan fingerprint density at radius 1 is 1.39 bits per heavy atom. The molecule has 10 heteroatoms. The van der Waals surface area contributed by atoms with Gasteiger partial charge in [0, 0.05) is 4.47 Å². The zero-order valence-electron chi connectivity index (χ0n) is 11.6. The van der Waals surface area contributed by atoms with Crippen LogP contribution in [0.25, 0.3) is 12.2 Å². The number of ether oxygens (including phenoxy) is 1. The van der Waals surface area contributed by atoms with Gasteiger partial charge in [-0.3, -0.25) is 14.9 Å². The molecule has 2 aromatic rings. The maximum Gasteiger partial charge on any atom is 0.395 e. The van der Waals surface area contributed by atoms with Gasteiger partial charge in [0.15, 0.2) is 11.5 Å². The highest BCUT2D eigenvalue weighted by Crippen LogP contribution is 2.33. The first kappa shape index (κ1) is 16.5. The minimum absolute atomic E-state index is 0.0592. The van der Waals surface area contributed by atoms with E-state index < -0.39 is 22.0 Å². The van der Waals surface area contributed by atoms with E-state index in [0.717, 1.165) is 0 Å². The lowest BCUT2D eigenvalue weighted by Gasteiger charge is -2.06. The van der Waals surface area contributed by atoms with E-state index in [9.17, 15) is 25.1 Å². The topological polar surface area (TPSA) is 139 Å². The first-order valence-electron chi connectivity index (χ1n) is 6.05. The number of nitrogens with one attached hydrogen (secondary N) is 1. The average Bonchev–Trinajstić information content (AvgIpc) is 2.45. The van der Waals surface area contributed by atoms with Crippen LogP contribution in [-0.4, -0.2) is 32.2 Å². The van der Waals surface area contributed by atoms with Gasteiger partial charge in [-0.2, -0.15) is 4.98 Å². The van der Waals surface area contributed by atoms with Crippen molar-refractivity contribution in [2.24, 2.45) is 0 Å². The Bertz CT molecular complexity index is 862. The zero-order chi connectivity index (χ0) is 17.1. The lowest BCUT2D eigenvalue weighted by molar-refractivity contribution is -0.387. The molecule has 0 saturated carbocycles. The third kappa shape index (κ3) is 3.48. The molecule has 0 unspecified atom stereocenters. The second-order valence-electron chi connectivity index (χ2n) is 4.26. The number of aromatic nitrogens is 2. The number of halogens is 1. The van der Waals surface area contributed by atoms with E-state index in [-0.39, 0.29) is 17.3 Å². The fourth-order valence-electron chi connectivity index (χ4n) is 1.73. The number of aromatic hydroxyl groups is 2. The molecule has 2 rings (SSSR count). The lowest BCUT2D eigenvalue weighted by Crippen LogP contribution is -2.14. The Morgan fingerprint density at radius 2 is 2.09 bits per heavy atom. The molecule has 0 bridgehead atoms. The molecule has 9 nitrogen and oxygen atoms in total. The van der Waals surface area contributed by atoms with Crippen LogP contribution < -0.4 is 10.3 Å². The van der Waals surface area contributed by atoms with E-state index in [4.69, 9.17) is 4.74 Å². The molecule has 0 aliphatic rings. The minimum Gasteiger partial charge on any atom is -0.504 e. The Morgan fingerprint density at radius 3 is 2.65 bits per heavy atom.